The Morgan fingerprint density at radius 1 is 1.23 bits per heavy atom. The van der Waals surface area contributed by atoms with Gasteiger partial charge in [-0.25, -0.2) is 0 Å². The summed E-state index contributed by atoms with van der Waals surface area (Å²) in [7, 11) is 0. The van der Waals surface area contributed by atoms with Crippen molar-refractivity contribution in [3.05, 3.63) is 12.2 Å². The zero-order valence-electron chi connectivity index (χ0n) is 8.79. The van der Waals surface area contributed by atoms with Crippen molar-refractivity contribution in [3.8, 4) is 0 Å². The fraction of sp³-hybridized carbons (Fsp3) is 0.818. The molecule has 0 amide bonds. The summed E-state index contributed by atoms with van der Waals surface area (Å²) < 4.78 is 0. The summed E-state index contributed by atoms with van der Waals surface area (Å²) in [4.78, 5) is 2.39. The lowest BCUT2D eigenvalue weighted by atomic mass is 9.83. The molecule has 0 atom stereocenters. The summed E-state index contributed by atoms with van der Waals surface area (Å²) >= 11 is 0. The van der Waals surface area contributed by atoms with Gasteiger partial charge in [0, 0.05) is 31.7 Å². The number of hydrogen-bond donors (Lipinski definition) is 1. The van der Waals surface area contributed by atoms with Gasteiger partial charge in [-0.15, -0.1) is 0 Å². The Hall–Kier alpha value is -0.340. The normalized spacial score (nSPS) is 18.4. The second kappa shape index (κ2) is 4.77. The molecule has 0 spiro atoms. The lowest BCUT2D eigenvalue weighted by Crippen LogP contribution is -2.38. The van der Waals surface area contributed by atoms with Crippen LogP contribution in [0.5, 0.6) is 0 Å². The third-order valence-electron chi connectivity index (χ3n) is 3.29. The number of aliphatic hydroxyl groups excluding tert-OH is 1. The number of nitrogens with zero attached hydrogens (tertiary/aromatic N) is 1. The fourth-order valence-electron chi connectivity index (χ4n) is 1.87. The second-order valence-corrected chi connectivity index (χ2v) is 4.03. The molecule has 0 saturated heterocycles. The van der Waals surface area contributed by atoms with Crippen LogP contribution in [0.2, 0.25) is 0 Å². The lowest BCUT2D eigenvalue weighted by molar-refractivity contribution is 0.0768. The van der Waals surface area contributed by atoms with Crippen molar-refractivity contribution in [2.45, 2.75) is 26.7 Å². The van der Waals surface area contributed by atoms with E-state index in [9.17, 15) is 5.11 Å². The van der Waals surface area contributed by atoms with E-state index in [2.05, 4.69) is 30.9 Å². The zero-order chi connectivity index (χ0) is 9.73. The zero-order valence-corrected chi connectivity index (χ0v) is 8.79. The molecule has 0 unspecified atom stereocenters. The average molecular weight is 183 g/mol. The van der Waals surface area contributed by atoms with Crippen LogP contribution in [-0.2, 0) is 0 Å². The Morgan fingerprint density at radius 3 is 2.15 bits per heavy atom. The summed E-state index contributed by atoms with van der Waals surface area (Å²) in [5.41, 5.74) is 0.131. The summed E-state index contributed by atoms with van der Waals surface area (Å²) in [6.45, 7) is 7.80. The van der Waals surface area contributed by atoms with E-state index in [0.717, 1.165) is 32.5 Å². The van der Waals surface area contributed by atoms with Crippen molar-refractivity contribution < 1.29 is 5.11 Å². The van der Waals surface area contributed by atoms with E-state index < -0.39 is 0 Å². The van der Waals surface area contributed by atoms with Gasteiger partial charge in [0.2, 0.25) is 0 Å². The molecule has 1 N–H and O–H groups in total. The molecule has 0 fully saturated rings. The number of aliphatic hydroxyl groups is 1. The van der Waals surface area contributed by atoms with Crippen molar-refractivity contribution in [2.24, 2.45) is 5.41 Å². The van der Waals surface area contributed by atoms with Crippen LogP contribution < -0.4 is 0 Å². The monoisotopic (exact) mass is 183 g/mol. The second-order valence-electron chi connectivity index (χ2n) is 4.03. The number of hydrogen-bond acceptors (Lipinski definition) is 2. The first-order valence-corrected chi connectivity index (χ1v) is 5.24. The Balaban J connectivity index is 2.45. The molecule has 0 bridgehead atoms. The molecule has 0 aromatic heterocycles. The summed E-state index contributed by atoms with van der Waals surface area (Å²) in [5.74, 6) is 0. The van der Waals surface area contributed by atoms with Crippen molar-refractivity contribution in [3.63, 3.8) is 0 Å². The summed E-state index contributed by atoms with van der Waals surface area (Å²) in [6.07, 6.45) is 6.54. The predicted octanol–water partition coefficient (Wildman–Crippen LogP) is 1.66. The maximum absolute atomic E-state index is 9.39. The molecule has 0 aromatic carbocycles. The third kappa shape index (κ3) is 2.55. The first-order valence-electron chi connectivity index (χ1n) is 5.24. The van der Waals surface area contributed by atoms with Crippen LogP contribution in [0.3, 0.4) is 0 Å². The summed E-state index contributed by atoms with van der Waals surface area (Å²) in [6, 6.07) is 0. The molecule has 2 heteroatoms. The Bertz CT molecular complexity index is 157. The molecule has 13 heavy (non-hydrogen) atoms. The lowest BCUT2D eigenvalue weighted by Gasteiger charge is -2.33. The molecule has 1 aliphatic rings. The van der Waals surface area contributed by atoms with Gasteiger partial charge in [-0.05, 0) is 12.8 Å². The maximum Gasteiger partial charge on any atom is 0.0499 e. The molecule has 1 heterocycles. The smallest absolute Gasteiger partial charge is 0.0499 e. The van der Waals surface area contributed by atoms with Crippen LogP contribution >= 0.6 is 0 Å². The van der Waals surface area contributed by atoms with Crippen molar-refractivity contribution in [2.75, 3.05) is 26.2 Å². The molecule has 1 rings (SSSR count). The van der Waals surface area contributed by atoms with E-state index in [0.29, 0.717) is 6.61 Å². The van der Waals surface area contributed by atoms with Gasteiger partial charge in [0.05, 0.1) is 0 Å². The molecule has 1 aliphatic heterocycles. The molecule has 2 nitrogen and oxygen atoms in total. The SMILES string of the molecule is CCC(CC)(CO)CN1CC=CC1. The minimum absolute atomic E-state index is 0.131. The van der Waals surface area contributed by atoms with Crippen LogP contribution in [0, 0.1) is 5.41 Å². The molecular weight excluding hydrogens is 162 g/mol. The molecule has 76 valence electrons. The van der Waals surface area contributed by atoms with E-state index in [4.69, 9.17) is 0 Å². The molecule has 0 saturated carbocycles. The van der Waals surface area contributed by atoms with E-state index in [1.807, 2.05) is 0 Å². The van der Waals surface area contributed by atoms with E-state index in [-0.39, 0.29) is 5.41 Å². The van der Waals surface area contributed by atoms with E-state index >= 15 is 0 Å². The van der Waals surface area contributed by atoms with Crippen molar-refractivity contribution in [1.29, 1.82) is 0 Å². The number of rotatable bonds is 5. The van der Waals surface area contributed by atoms with Crippen LogP contribution in [-0.4, -0.2) is 36.2 Å². The maximum atomic E-state index is 9.39. The Labute approximate surface area is 81.2 Å². The first kappa shape index (κ1) is 10.7. The van der Waals surface area contributed by atoms with Gasteiger partial charge in [-0.3, -0.25) is 4.90 Å². The fourth-order valence-corrected chi connectivity index (χ4v) is 1.87. The average Bonchev–Trinajstić information content (AvgIpc) is 2.67. The van der Waals surface area contributed by atoms with Gasteiger partial charge < -0.3 is 5.11 Å². The molecule has 0 aromatic rings. The topological polar surface area (TPSA) is 23.5 Å². The highest BCUT2D eigenvalue weighted by molar-refractivity contribution is 4.97. The minimum Gasteiger partial charge on any atom is -0.396 e. The van der Waals surface area contributed by atoms with Gasteiger partial charge in [-0.2, -0.15) is 0 Å². The first-order chi connectivity index (χ1) is 6.26. The third-order valence-corrected chi connectivity index (χ3v) is 3.29. The predicted molar refractivity (Wildman–Crippen MR) is 55.7 cm³/mol. The van der Waals surface area contributed by atoms with Crippen LogP contribution in [0.15, 0.2) is 12.2 Å². The highest BCUT2D eigenvalue weighted by Crippen LogP contribution is 2.27. The van der Waals surface area contributed by atoms with Crippen LogP contribution in [0.1, 0.15) is 26.7 Å². The van der Waals surface area contributed by atoms with E-state index in [1.54, 1.807) is 0 Å². The van der Waals surface area contributed by atoms with Crippen LogP contribution in [0.4, 0.5) is 0 Å². The van der Waals surface area contributed by atoms with Crippen LogP contribution in [0.25, 0.3) is 0 Å². The van der Waals surface area contributed by atoms with Gasteiger partial charge in [0.1, 0.15) is 0 Å². The van der Waals surface area contributed by atoms with Crippen molar-refractivity contribution in [1.82, 2.24) is 4.90 Å². The quantitative estimate of drug-likeness (QED) is 0.655. The van der Waals surface area contributed by atoms with Crippen molar-refractivity contribution >= 4 is 0 Å². The molecular formula is C11H21NO. The highest BCUT2D eigenvalue weighted by atomic mass is 16.3. The van der Waals surface area contributed by atoms with E-state index in [1.165, 1.54) is 0 Å². The van der Waals surface area contributed by atoms with Gasteiger partial charge >= 0.3 is 0 Å². The standard InChI is InChI=1S/C11H21NO/c1-3-11(4-2,10-13)9-12-7-5-6-8-12/h5-6,13H,3-4,7-10H2,1-2H3. The Kier molecular flexibility index (Phi) is 3.94. The largest absolute Gasteiger partial charge is 0.396 e. The molecule has 0 aliphatic carbocycles. The van der Waals surface area contributed by atoms with Gasteiger partial charge in [-0.1, -0.05) is 26.0 Å². The minimum atomic E-state index is 0.131. The Morgan fingerprint density at radius 2 is 1.77 bits per heavy atom. The molecule has 0 radical (unpaired) electrons. The summed E-state index contributed by atoms with van der Waals surface area (Å²) in [5, 5.41) is 9.39. The highest BCUT2D eigenvalue weighted by Gasteiger charge is 2.27. The van der Waals surface area contributed by atoms with Gasteiger partial charge in [0.25, 0.3) is 0 Å². The van der Waals surface area contributed by atoms with Gasteiger partial charge in [0.15, 0.2) is 0 Å².